The van der Waals surface area contributed by atoms with E-state index in [9.17, 15) is 0 Å². The molecule has 2 rings (SSSR count). The van der Waals surface area contributed by atoms with Crippen LogP contribution in [-0.2, 0) is 0 Å². The molecule has 2 heterocycles. The van der Waals surface area contributed by atoms with Gasteiger partial charge in [-0.05, 0) is 35.8 Å². The van der Waals surface area contributed by atoms with Crippen LogP contribution in [0.2, 0.25) is 0 Å². The Bertz CT molecular complexity index is 356. The van der Waals surface area contributed by atoms with E-state index >= 15 is 0 Å². The van der Waals surface area contributed by atoms with Crippen LogP contribution in [0.5, 0.6) is 0 Å². The summed E-state index contributed by atoms with van der Waals surface area (Å²) in [6.07, 6.45) is 4.67. The molecule has 0 unspecified atom stereocenters. The Morgan fingerprint density at radius 1 is 1.18 bits per heavy atom. The van der Waals surface area contributed by atoms with Crippen molar-refractivity contribution < 1.29 is 0 Å². The fraction of sp³-hybridized carbons (Fsp3) is 0.667. The predicted octanol–water partition coefficient (Wildman–Crippen LogP) is 3.83. The highest BCUT2D eigenvalue weighted by Crippen LogP contribution is 2.34. The average Bonchev–Trinajstić information content (AvgIpc) is 2.80. The molecule has 0 amide bonds. The van der Waals surface area contributed by atoms with Crippen LogP contribution in [-0.4, -0.2) is 18.1 Å². The molecule has 1 aliphatic heterocycles. The van der Waals surface area contributed by atoms with Gasteiger partial charge in [0.25, 0.3) is 0 Å². The molecular formula is C15H24N2. The summed E-state index contributed by atoms with van der Waals surface area (Å²) in [4.78, 5) is 7.00. The van der Waals surface area contributed by atoms with Gasteiger partial charge in [0, 0.05) is 19.3 Å². The smallest absolute Gasteiger partial charge is 0.128 e. The van der Waals surface area contributed by atoms with Crippen molar-refractivity contribution in [1.82, 2.24) is 4.98 Å². The van der Waals surface area contributed by atoms with Gasteiger partial charge in [-0.25, -0.2) is 4.98 Å². The van der Waals surface area contributed by atoms with Crippen LogP contribution in [0.1, 0.15) is 52.0 Å². The normalized spacial score (nSPS) is 18.5. The Kier molecular flexibility index (Phi) is 3.41. The Hall–Kier alpha value is -1.05. The van der Waals surface area contributed by atoms with Crippen LogP contribution in [0.25, 0.3) is 0 Å². The number of aromatic nitrogens is 1. The lowest BCUT2D eigenvalue weighted by Gasteiger charge is -2.27. The minimum Gasteiger partial charge on any atom is -0.357 e. The first-order valence-electron chi connectivity index (χ1n) is 6.69. The summed E-state index contributed by atoms with van der Waals surface area (Å²) in [5, 5.41) is 0. The minimum absolute atomic E-state index is 0.302. The number of hydrogen-bond donors (Lipinski definition) is 0. The SMILES string of the molecule is C[C@H](c1ccc(N2CCCC2)nc1)C(C)(C)C. The molecule has 0 spiro atoms. The molecule has 1 saturated heterocycles. The lowest BCUT2D eigenvalue weighted by Crippen LogP contribution is -2.19. The second kappa shape index (κ2) is 4.67. The van der Waals surface area contributed by atoms with Crippen molar-refractivity contribution in [2.75, 3.05) is 18.0 Å². The highest BCUT2D eigenvalue weighted by molar-refractivity contribution is 5.40. The van der Waals surface area contributed by atoms with Gasteiger partial charge >= 0.3 is 0 Å². The first kappa shape index (κ1) is 12.4. The van der Waals surface area contributed by atoms with E-state index in [4.69, 9.17) is 0 Å². The first-order valence-corrected chi connectivity index (χ1v) is 6.69. The second-order valence-corrected chi connectivity index (χ2v) is 6.23. The average molecular weight is 232 g/mol. The lowest BCUT2D eigenvalue weighted by atomic mass is 9.78. The van der Waals surface area contributed by atoms with Crippen molar-refractivity contribution in [3.05, 3.63) is 23.9 Å². The van der Waals surface area contributed by atoms with Crippen molar-refractivity contribution >= 4 is 5.82 Å². The van der Waals surface area contributed by atoms with Gasteiger partial charge in [-0.1, -0.05) is 33.8 Å². The van der Waals surface area contributed by atoms with Gasteiger partial charge in [0.15, 0.2) is 0 Å². The quantitative estimate of drug-likeness (QED) is 0.770. The third-order valence-electron chi connectivity index (χ3n) is 4.00. The molecular weight excluding hydrogens is 208 g/mol. The molecule has 17 heavy (non-hydrogen) atoms. The zero-order valence-corrected chi connectivity index (χ0v) is 11.5. The van der Waals surface area contributed by atoms with Crippen molar-refractivity contribution in [2.45, 2.75) is 46.5 Å². The van der Waals surface area contributed by atoms with E-state index in [2.05, 4.69) is 55.9 Å². The largest absolute Gasteiger partial charge is 0.357 e. The van der Waals surface area contributed by atoms with Gasteiger partial charge < -0.3 is 4.90 Å². The van der Waals surface area contributed by atoms with Crippen molar-refractivity contribution in [1.29, 1.82) is 0 Å². The van der Waals surface area contributed by atoms with Crippen molar-refractivity contribution in [2.24, 2.45) is 5.41 Å². The first-order chi connectivity index (χ1) is 7.98. The van der Waals surface area contributed by atoms with Crippen LogP contribution >= 0.6 is 0 Å². The summed E-state index contributed by atoms with van der Waals surface area (Å²) in [5.74, 6) is 1.69. The number of pyridine rings is 1. The van der Waals surface area contributed by atoms with Crippen LogP contribution in [0.15, 0.2) is 18.3 Å². The van der Waals surface area contributed by atoms with E-state index in [1.54, 1.807) is 0 Å². The van der Waals surface area contributed by atoms with Crippen LogP contribution in [0.4, 0.5) is 5.82 Å². The summed E-state index contributed by atoms with van der Waals surface area (Å²) in [7, 11) is 0. The zero-order chi connectivity index (χ0) is 12.5. The van der Waals surface area contributed by atoms with Crippen LogP contribution in [0.3, 0.4) is 0 Å². The van der Waals surface area contributed by atoms with E-state index in [1.165, 1.54) is 31.5 Å². The molecule has 0 N–H and O–H groups in total. The molecule has 1 aromatic heterocycles. The summed E-state index contributed by atoms with van der Waals surface area (Å²) in [6.45, 7) is 11.5. The summed E-state index contributed by atoms with van der Waals surface area (Å²) >= 11 is 0. The highest BCUT2D eigenvalue weighted by Gasteiger charge is 2.22. The fourth-order valence-electron chi connectivity index (χ4n) is 2.29. The Labute approximate surface area is 105 Å². The zero-order valence-electron chi connectivity index (χ0n) is 11.5. The van der Waals surface area contributed by atoms with Gasteiger partial charge in [-0.3, -0.25) is 0 Å². The van der Waals surface area contributed by atoms with Gasteiger partial charge in [0.05, 0.1) is 0 Å². The number of rotatable bonds is 2. The van der Waals surface area contributed by atoms with Gasteiger partial charge in [-0.15, -0.1) is 0 Å². The maximum Gasteiger partial charge on any atom is 0.128 e. The molecule has 0 aliphatic carbocycles. The molecule has 1 fully saturated rings. The standard InChI is InChI=1S/C15H24N2/c1-12(15(2,3)4)13-7-8-14(16-11-13)17-9-5-6-10-17/h7-8,11-12H,5-6,9-10H2,1-4H3/t12-/m1/s1. The van der Waals surface area contributed by atoms with E-state index in [0.29, 0.717) is 11.3 Å². The van der Waals surface area contributed by atoms with E-state index in [1.807, 2.05) is 0 Å². The van der Waals surface area contributed by atoms with Crippen LogP contribution in [0, 0.1) is 5.41 Å². The molecule has 0 bridgehead atoms. The highest BCUT2D eigenvalue weighted by atomic mass is 15.2. The molecule has 2 nitrogen and oxygen atoms in total. The summed E-state index contributed by atoms with van der Waals surface area (Å²) < 4.78 is 0. The van der Waals surface area contributed by atoms with Gasteiger partial charge in [0.2, 0.25) is 0 Å². The van der Waals surface area contributed by atoms with E-state index in [0.717, 1.165) is 5.82 Å². The van der Waals surface area contributed by atoms with Crippen LogP contribution < -0.4 is 4.90 Å². The van der Waals surface area contributed by atoms with Crippen molar-refractivity contribution in [3.8, 4) is 0 Å². The third-order valence-corrected chi connectivity index (χ3v) is 4.00. The third kappa shape index (κ3) is 2.80. The van der Waals surface area contributed by atoms with Crippen molar-refractivity contribution in [3.63, 3.8) is 0 Å². The van der Waals surface area contributed by atoms with E-state index in [-0.39, 0.29) is 0 Å². The Morgan fingerprint density at radius 2 is 1.82 bits per heavy atom. The van der Waals surface area contributed by atoms with E-state index < -0.39 is 0 Å². The number of nitrogens with zero attached hydrogens (tertiary/aromatic N) is 2. The molecule has 2 heteroatoms. The minimum atomic E-state index is 0.302. The maximum atomic E-state index is 4.62. The number of hydrogen-bond acceptors (Lipinski definition) is 2. The molecule has 94 valence electrons. The van der Waals surface area contributed by atoms with Gasteiger partial charge in [-0.2, -0.15) is 0 Å². The van der Waals surface area contributed by atoms with Gasteiger partial charge in [0.1, 0.15) is 5.82 Å². The summed E-state index contributed by atoms with van der Waals surface area (Å²) in [6, 6.07) is 4.43. The number of anilines is 1. The monoisotopic (exact) mass is 232 g/mol. The fourth-order valence-corrected chi connectivity index (χ4v) is 2.29. The Balaban J connectivity index is 2.12. The lowest BCUT2D eigenvalue weighted by molar-refractivity contribution is 0.339. The second-order valence-electron chi connectivity index (χ2n) is 6.23. The Morgan fingerprint density at radius 3 is 2.29 bits per heavy atom. The molecule has 0 radical (unpaired) electrons. The maximum absolute atomic E-state index is 4.62. The molecule has 0 aromatic carbocycles. The summed E-state index contributed by atoms with van der Waals surface area (Å²) in [5.41, 5.74) is 1.65. The predicted molar refractivity (Wildman–Crippen MR) is 73.6 cm³/mol. The molecule has 1 atom stereocenters. The molecule has 1 aromatic rings. The molecule has 1 aliphatic rings. The topological polar surface area (TPSA) is 16.1 Å². The molecule has 0 saturated carbocycles.